The number of carbonyl (C=O) groups excluding carboxylic acids is 1. The third-order valence-corrected chi connectivity index (χ3v) is 4.31. The van der Waals surface area contributed by atoms with Gasteiger partial charge in [-0.15, -0.1) is 0 Å². The van der Waals surface area contributed by atoms with Gasteiger partial charge in [-0.2, -0.15) is 0 Å². The predicted molar refractivity (Wildman–Crippen MR) is 95.8 cm³/mol. The van der Waals surface area contributed by atoms with Crippen molar-refractivity contribution in [2.45, 2.75) is 25.3 Å². The van der Waals surface area contributed by atoms with E-state index in [1.807, 2.05) is 6.07 Å². The van der Waals surface area contributed by atoms with Gasteiger partial charge in [0.15, 0.2) is 0 Å². The molecular formula is C18H22N2O4S. The van der Waals surface area contributed by atoms with Crippen molar-refractivity contribution in [3.8, 4) is 5.75 Å². The van der Waals surface area contributed by atoms with Crippen LogP contribution in [-0.4, -0.2) is 20.9 Å². The maximum absolute atomic E-state index is 12.3. The first-order chi connectivity index (χ1) is 11.8. The van der Waals surface area contributed by atoms with Crippen LogP contribution >= 0.6 is 0 Å². The fourth-order valence-corrected chi connectivity index (χ4v) is 2.59. The van der Waals surface area contributed by atoms with Crippen LogP contribution in [0.3, 0.4) is 0 Å². The summed E-state index contributed by atoms with van der Waals surface area (Å²) in [5.41, 5.74) is 1.27. The zero-order valence-corrected chi connectivity index (χ0v) is 15.0. The number of hydrogen-bond donors (Lipinski definition) is 2. The van der Waals surface area contributed by atoms with Crippen molar-refractivity contribution >= 4 is 15.9 Å². The number of benzene rings is 2. The van der Waals surface area contributed by atoms with E-state index < -0.39 is 10.0 Å². The minimum Gasteiger partial charge on any atom is -0.493 e. The first-order valence-electron chi connectivity index (χ1n) is 7.88. The van der Waals surface area contributed by atoms with Crippen molar-refractivity contribution in [2.75, 3.05) is 6.61 Å². The lowest BCUT2D eigenvalue weighted by molar-refractivity contribution is 0.0950. The second-order valence-electron chi connectivity index (χ2n) is 6.10. The van der Waals surface area contributed by atoms with E-state index in [0.29, 0.717) is 23.8 Å². The summed E-state index contributed by atoms with van der Waals surface area (Å²) in [6.45, 7) is 4.97. The molecule has 0 saturated heterocycles. The molecule has 0 aromatic heterocycles. The zero-order valence-electron chi connectivity index (χ0n) is 14.2. The molecule has 0 radical (unpaired) electrons. The lowest BCUT2D eigenvalue weighted by Gasteiger charge is -2.10. The summed E-state index contributed by atoms with van der Waals surface area (Å²) in [5, 5.41) is 7.84. The molecule has 134 valence electrons. The number of hydrogen-bond acceptors (Lipinski definition) is 4. The number of rotatable bonds is 7. The molecule has 0 aliphatic carbocycles. The van der Waals surface area contributed by atoms with Gasteiger partial charge in [0.2, 0.25) is 10.0 Å². The van der Waals surface area contributed by atoms with E-state index in [9.17, 15) is 13.2 Å². The van der Waals surface area contributed by atoms with Crippen LogP contribution in [0.5, 0.6) is 5.75 Å². The molecule has 2 aromatic rings. The summed E-state index contributed by atoms with van der Waals surface area (Å²) >= 11 is 0. The quantitative estimate of drug-likeness (QED) is 0.789. The highest BCUT2D eigenvalue weighted by atomic mass is 32.2. The first-order valence-corrected chi connectivity index (χ1v) is 9.43. The summed E-state index contributed by atoms with van der Waals surface area (Å²) in [6.07, 6.45) is 0. The molecule has 0 atom stereocenters. The number of carbonyl (C=O) groups is 1. The number of amides is 1. The van der Waals surface area contributed by atoms with Gasteiger partial charge in [-0.25, -0.2) is 13.6 Å². The molecule has 6 nitrogen and oxygen atoms in total. The summed E-state index contributed by atoms with van der Waals surface area (Å²) in [5.74, 6) is 0.821. The Morgan fingerprint density at radius 2 is 1.84 bits per heavy atom. The molecule has 1 amide bonds. The van der Waals surface area contributed by atoms with E-state index in [0.717, 1.165) is 5.56 Å². The number of sulfonamides is 1. The topological polar surface area (TPSA) is 98.5 Å². The number of nitrogens with one attached hydrogen (secondary N) is 1. The standard InChI is InChI=1S/C18H22N2O4S/c1-13(2)12-24-16-5-3-4-15(10-16)18(21)20-11-14-6-8-17(9-7-14)25(19,22)23/h3-10,13H,11-12H2,1-2H3,(H,20,21)(H2,19,22,23). The van der Waals surface area contributed by atoms with E-state index in [-0.39, 0.29) is 17.3 Å². The van der Waals surface area contributed by atoms with Gasteiger partial charge in [0.05, 0.1) is 11.5 Å². The molecule has 0 aliphatic rings. The first kappa shape index (κ1) is 19.0. The van der Waals surface area contributed by atoms with Crippen LogP contribution in [0.1, 0.15) is 29.8 Å². The molecule has 0 unspecified atom stereocenters. The Morgan fingerprint density at radius 3 is 2.44 bits per heavy atom. The lowest BCUT2D eigenvalue weighted by Crippen LogP contribution is -2.23. The summed E-state index contributed by atoms with van der Waals surface area (Å²) < 4.78 is 28.1. The van der Waals surface area contributed by atoms with E-state index in [1.165, 1.54) is 12.1 Å². The lowest BCUT2D eigenvalue weighted by atomic mass is 10.2. The van der Waals surface area contributed by atoms with E-state index in [2.05, 4.69) is 19.2 Å². The van der Waals surface area contributed by atoms with Crippen molar-refractivity contribution in [2.24, 2.45) is 11.1 Å². The Balaban J connectivity index is 1.97. The van der Waals surface area contributed by atoms with Crippen LogP contribution in [-0.2, 0) is 16.6 Å². The third kappa shape index (κ3) is 5.88. The van der Waals surface area contributed by atoms with Crippen LogP contribution in [0.15, 0.2) is 53.4 Å². The molecule has 3 N–H and O–H groups in total. The normalized spacial score (nSPS) is 11.4. The summed E-state index contributed by atoms with van der Waals surface area (Å²) in [7, 11) is -3.71. The van der Waals surface area contributed by atoms with Crippen LogP contribution < -0.4 is 15.2 Å². The molecule has 0 saturated carbocycles. The van der Waals surface area contributed by atoms with Crippen LogP contribution in [0, 0.1) is 5.92 Å². The van der Waals surface area contributed by atoms with Gasteiger partial charge in [0, 0.05) is 12.1 Å². The molecule has 25 heavy (non-hydrogen) atoms. The average Bonchev–Trinajstić information content (AvgIpc) is 2.57. The van der Waals surface area contributed by atoms with Gasteiger partial charge in [0.25, 0.3) is 5.91 Å². The van der Waals surface area contributed by atoms with E-state index in [4.69, 9.17) is 9.88 Å². The van der Waals surface area contributed by atoms with Crippen LogP contribution in [0.25, 0.3) is 0 Å². The van der Waals surface area contributed by atoms with Crippen molar-refractivity contribution in [3.05, 3.63) is 59.7 Å². The largest absolute Gasteiger partial charge is 0.493 e. The molecule has 0 aliphatic heterocycles. The predicted octanol–water partition coefficient (Wildman–Crippen LogP) is 2.30. The second kappa shape index (κ2) is 8.13. The fraction of sp³-hybridized carbons (Fsp3) is 0.278. The number of nitrogens with two attached hydrogens (primary N) is 1. The fourth-order valence-electron chi connectivity index (χ4n) is 2.07. The minimum absolute atomic E-state index is 0.0394. The van der Waals surface area contributed by atoms with Crippen molar-refractivity contribution in [1.82, 2.24) is 5.32 Å². The highest BCUT2D eigenvalue weighted by molar-refractivity contribution is 7.89. The Morgan fingerprint density at radius 1 is 1.16 bits per heavy atom. The smallest absolute Gasteiger partial charge is 0.251 e. The van der Waals surface area contributed by atoms with Gasteiger partial charge in [-0.3, -0.25) is 4.79 Å². The molecule has 7 heteroatoms. The molecular weight excluding hydrogens is 340 g/mol. The van der Waals surface area contributed by atoms with Gasteiger partial charge in [-0.05, 0) is 41.8 Å². The zero-order chi connectivity index (χ0) is 18.4. The van der Waals surface area contributed by atoms with Crippen molar-refractivity contribution in [1.29, 1.82) is 0 Å². The number of primary sulfonamides is 1. The van der Waals surface area contributed by atoms with E-state index in [1.54, 1.807) is 30.3 Å². The third-order valence-electron chi connectivity index (χ3n) is 3.38. The molecule has 0 bridgehead atoms. The van der Waals surface area contributed by atoms with Crippen molar-refractivity contribution < 1.29 is 17.9 Å². The highest BCUT2D eigenvalue weighted by Crippen LogP contribution is 2.15. The van der Waals surface area contributed by atoms with Crippen LogP contribution in [0.4, 0.5) is 0 Å². The van der Waals surface area contributed by atoms with Gasteiger partial charge in [-0.1, -0.05) is 32.0 Å². The number of ether oxygens (including phenoxy) is 1. The maximum atomic E-state index is 12.3. The monoisotopic (exact) mass is 362 g/mol. The molecule has 0 spiro atoms. The Labute approximate surface area is 148 Å². The minimum atomic E-state index is -3.71. The Hall–Kier alpha value is -2.38. The summed E-state index contributed by atoms with van der Waals surface area (Å²) in [6, 6.07) is 13.0. The molecule has 2 aromatic carbocycles. The average molecular weight is 362 g/mol. The molecule has 0 fully saturated rings. The van der Waals surface area contributed by atoms with Gasteiger partial charge < -0.3 is 10.1 Å². The molecule has 2 rings (SSSR count). The summed E-state index contributed by atoms with van der Waals surface area (Å²) in [4.78, 5) is 12.3. The SMILES string of the molecule is CC(C)COc1cccc(C(=O)NCc2ccc(S(N)(=O)=O)cc2)c1. The maximum Gasteiger partial charge on any atom is 0.251 e. The Kier molecular flexibility index (Phi) is 6.17. The van der Waals surface area contributed by atoms with Gasteiger partial charge >= 0.3 is 0 Å². The van der Waals surface area contributed by atoms with Crippen molar-refractivity contribution in [3.63, 3.8) is 0 Å². The second-order valence-corrected chi connectivity index (χ2v) is 7.67. The van der Waals surface area contributed by atoms with Gasteiger partial charge in [0.1, 0.15) is 5.75 Å². The highest BCUT2D eigenvalue weighted by Gasteiger charge is 2.09. The molecule has 0 heterocycles. The Bertz CT molecular complexity index is 830. The van der Waals surface area contributed by atoms with E-state index >= 15 is 0 Å². The van der Waals surface area contributed by atoms with Crippen LogP contribution in [0.2, 0.25) is 0 Å².